The summed E-state index contributed by atoms with van der Waals surface area (Å²) in [6, 6.07) is 16.2. The van der Waals surface area contributed by atoms with Gasteiger partial charge in [0, 0.05) is 23.0 Å². The fraction of sp³-hybridized carbons (Fsp3) is 0.292. The fourth-order valence-electron chi connectivity index (χ4n) is 4.17. The van der Waals surface area contributed by atoms with Gasteiger partial charge in [0.2, 0.25) is 10.0 Å². The van der Waals surface area contributed by atoms with E-state index in [9.17, 15) is 8.42 Å². The number of rotatable bonds is 6. The minimum absolute atomic E-state index is 0.315. The first-order valence-corrected chi connectivity index (χ1v) is 12.1. The monoisotopic (exact) mass is 440 g/mol. The second-order valence-electron chi connectivity index (χ2n) is 7.94. The van der Waals surface area contributed by atoms with Crippen LogP contribution in [0.15, 0.2) is 82.7 Å². The van der Waals surface area contributed by atoms with Gasteiger partial charge in [0.05, 0.1) is 16.3 Å². The third-order valence-corrected chi connectivity index (χ3v) is 7.52. The average Bonchev–Trinajstić information content (AvgIpc) is 3.15. The van der Waals surface area contributed by atoms with Crippen molar-refractivity contribution in [3.8, 4) is 0 Å². The number of benzene rings is 2. The van der Waals surface area contributed by atoms with Crippen molar-refractivity contribution in [2.75, 3.05) is 6.54 Å². The number of hydrogen-bond acceptors (Lipinski definition) is 3. The van der Waals surface area contributed by atoms with Crippen molar-refractivity contribution in [3.63, 3.8) is 0 Å². The number of hydrogen-bond donors (Lipinski definition) is 1. The zero-order chi connectivity index (χ0) is 21.1. The van der Waals surface area contributed by atoms with Crippen LogP contribution in [0.4, 0.5) is 0 Å². The molecule has 2 aromatic carbocycles. The Morgan fingerprint density at radius 3 is 2.47 bits per heavy atom. The van der Waals surface area contributed by atoms with Gasteiger partial charge in [-0.3, -0.25) is 4.99 Å². The smallest absolute Gasteiger partial charge is 0.240 e. The average molecular weight is 441 g/mol. The van der Waals surface area contributed by atoms with Crippen LogP contribution in [0.2, 0.25) is 5.02 Å². The summed E-state index contributed by atoms with van der Waals surface area (Å²) in [5.74, 6) is 0.711. The minimum Gasteiger partial charge on any atom is -0.252 e. The first-order chi connectivity index (χ1) is 14.4. The van der Waals surface area contributed by atoms with Crippen LogP contribution in [0.25, 0.3) is 5.70 Å². The summed E-state index contributed by atoms with van der Waals surface area (Å²) in [7, 11) is -3.45. The van der Waals surface area contributed by atoms with Gasteiger partial charge < -0.3 is 0 Å². The first-order valence-electron chi connectivity index (χ1n) is 10.2. The van der Waals surface area contributed by atoms with Crippen molar-refractivity contribution in [1.82, 2.24) is 4.72 Å². The Hall–Kier alpha value is -2.21. The Balaban J connectivity index is 1.34. The quantitative estimate of drug-likeness (QED) is 0.646. The molecule has 6 heteroatoms. The van der Waals surface area contributed by atoms with Crippen molar-refractivity contribution < 1.29 is 8.42 Å². The lowest BCUT2D eigenvalue weighted by molar-refractivity contribution is 0.322. The Bertz CT molecular complexity index is 1100. The standard InChI is InChI=1S/C24H25ClN2O2S/c1-17-14-23(20-6-5-7-21(25)15-20)27-24(17)19-12-10-18(11-13-19)16-26-30(28,29)22-8-3-2-4-9-22/h2-9,14-15,18-19,26H,1,10-13,16H2/t18-,19-. The number of sulfonamides is 1. The summed E-state index contributed by atoms with van der Waals surface area (Å²) in [5.41, 5.74) is 3.95. The molecule has 0 radical (unpaired) electrons. The highest BCUT2D eigenvalue weighted by atomic mass is 35.5. The Morgan fingerprint density at radius 2 is 1.77 bits per heavy atom. The van der Waals surface area contributed by atoms with E-state index < -0.39 is 10.0 Å². The molecule has 1 aliphatic carbocycles. The molecule has 4 nitrogen and oxygen atoms in total. The van der Waals surface area contributed by atoms with E-state index in [0.717, 1.165) is 48.2 Å². The van der Waals surface area contributed by atoms with Crippen molar-refractivity contribution in [2.24, 2.45) is 16.8 Å². The maximum absolute atomic E-state index is 12.4. The highest BCUT2D eigenvalue weighted by molar-refractivity contribution is 7.89. The molecule has 1 heterocycles. The summed E-state index contributed by atoms with van der Waals surface area (Å²) in [5, 5.41) is 0.695. The number of allylic oxidation sites excluding steroid dienone is 2. The lowest BCUT2D eigenvalue weighted by Crippen LogP contribution is -2.32. The van der Waals surface area contributed by atoms with E-state index in [1.54, 1.807) is 24.3 Å². The molecule has 0 spiro atoms. The van der Waals surface area contributed by atoms with Crippen molar-refractivity contribution in [2.45, 2.75) is 30.6 Å². The van der Waals surface area contributed by atoms with Crippen LogP contribution in [0.3, 0.4) is 0 Å². The molecule has 0 aromatic heterocycles. The highest BCUT2D eigenvalue weighted by Crippen LogP contribution is 2.36. The maximum Gasteiger partial charge on any atom is 0.240 e. The van der Waals surface area contributed by atoms with E-state index in [1.807, 2.05) is 36.4 Å². The van der Waals surface area contributed by atoms with Gasteiger partial charge in [-0.1, -0.05) is 48.5 Å². The van der Waals surface area contributed by atoms with Crippen LogP contribution in [-0.4, -0.2) is 20.7 Å². The lowest BCUT2D eigenvalue weighted by atomic mass is 9.78. The van der Waals surface area contributed by atoms with E-state index in [-0.39, 0.29) is 0 Å². The molecular weight excluding hydrogens is 416 g/mol. The predicted octanol–water partition coefficient (Wildman–Crippen LogP) is 5.48. The molecular formula is C24H25ClN2O2S. The normalized spacial score (nSPS) is 22.0. The van der Waals surface area contributed by atoms with E-state index in [2.05, 4.69) is 11.3 Å². The Kier molecular flexibility index (Phi) is 6.23. The molecule has 0 unspecified atom stereocenters. The molecule has 2 aromatic rings. The third kappa shape index (κ3) is 4.75. The van der Waals surface area contributed by atoms with Crippen LogP contribution in [0.5, 0.6) is 0 Å². The number of nitrogens with zero attached hydrogens (tertiary/aromatic N) is 1. The minimum atomic E-state index is -3.45. The van der Waals surface area contributed by atoms with Crippen LogP contribution >= 0.6 is 11.6 Å². The molecule has 1 aliphatic heterocycles. The highest BCUT2D eigenvalue weighted by Gasteiger charge is 2.29. The molecule has 156 valence electrons. The van der Waals surface area contributed by atoms with E-state index in [1.165, 1.54) is 0 Å². The van der Waals surface area contributed by atoms with Crippen LogP contribution in [-0.2, 0) is 10.0 Å². The fourth-order valence-corrected chi connectivity index (χ4v) is 5.50. The number of halogens is 1. The van der Waals surface area contributed by atoms with Gasteiger partial charge >= 0.3 is 0 Å². The largest absolute Gasteiger partial charge is 0.252 e. The first kappa shape index (κ1) is 21.0. The van der Waals surface area contributed by atoms with Gasteiger partial charge in [0.1, 0.15) is 0 Å². The molecule has 0 atom stereocenters. The second kappa shape index (κ2) is 8.88. The predicted molar refractivity (Wildman–Crippen MR) is 123 cm³/mol. The summed E-state index contributed by atoms with van der Waals surface area (Å²) in [6.07, 6.45) is 5.96. The van der Waals surface area contributed by atoms with E-state index in [0.29, 0.717) is 28.3 Å². The SMILES string of the molecule is C=C1C=C(c2cccc(Cl)c2)N=C1[C@H]1CC[C@H](CNS(=O)(=O)c2ccccc2)CC1. The summed E-state index contributed by atoms with van der Waals surface area (Å²) >= 11 is 6.11. The van der Waals surface area contributed by atoms with Crippen LogP contribution in [0, 0.1) is 11.8 Å². The van der Waals surface area contributed by atoms with E-state index in [4.69, 9.17) is 16.6 Å². The lowest BCUT2D eigenvalue weighted by Gasteiger charge is -2.29. The summed E-state index contributed by atoms with van der Waals surface area (Å²) < 4.78 is 27.6. The summed E-state index contributed by atoms with van der Waals surface area (Å²) in [4.78, 5) is 5.18. The van der Waals surface area contributed by atoms with Gasteiger partial charge in [-0.25, -0.2) is 13.1 Å². The van der Waals surface area contributed by atoms with Crippen LogP contribution in [0.1, 0.15) is 31.2 Å². The van der Waals surface area contributed by atoms with Crippen molar-refractivity contribution in [3.05, 3.63) is 83.4 Å². The van der Waals surface area contributed by atoms with Gasteiger partial charge in [-0.15, -0.1) is 0 Å². The Morgan fingerprint density at radius 1 is 1.03 bits per heavy atom. The molecule has 4 rings (SSSR count). The molecule has 2 aliphatic rings. The zero-order valence-electron chi connectivity index (χ0n) is 16.7. The maximum atomic E-state index is 12.4. The van der Waals surface area contributed by atoms with E-state index >= 15 is 0 Å². The molecule has 0 bridgehead atoms. The Labute approximate surface area is 183 Å². The molecule has 30 heavy (non-hydrogen) atoms. The van der Waals surface area contributed by atoms with Crippen LogP contribution < -0.4 is 4.72 Å². The van der Waals surface area contributed by atoms with Gasteiger partial charge in [0.25, 0.3) is 0 Å². The van der Waals surface area contributed by atoms with Gasteiger partial charge in [-0.05, 0) is 67.5 Å². The van der Waals surface area contributed by atoms with Gasteiger partial charge in [0.15, 0.2) is 0 Å². The zero-order valence-corrected chi connectivity index (χ0v) is 18.3. The molecule has 1 saturated carbocycles. The second-order valence-corrected chi connectivity index (χ2v) is 10.1. The molecule has 0 amide bonds. The van der Waals surface area contributed by atoms with Crippen molar-refractivity contribution >= 4 is 33.0 Å². The molecule has 0 saturated heterocycles. The number of nitrogens with one attached hydrogen (secondary N) is 1. The third-order valence-electron chi connectivity index (χ3n) is 5.85. The van der Waals surface area contributed by atoms with Gasteiger partial charge in [-0.2, -0.15) is 0 Å². The topological polar surface area (TPSA) is 58.5 Å². The molecule has 1 fully saturated rings. The number of aliphatic imine (C=N–C) groups is 1. The van der Waals surface area contributed by atoms with Crippen molar-refractivity contribution in [1.29, 1.82) is 0 Å². The summed E-state index contributed by atoms with van der Waals surface area (Å²) in [6.45, 7) is 4.67. The molecule has 1 N–H and O–H groups in total.